The molecule has 0 bridgehead atoms. The van der Waals surface area contributed by atoms with Crippen LogP contribution in [-0.4, -0.2) is 16.7 Å². The van der Waals surface area contributed by atoms with E-state index < -0.39 is 0 Å². The van der Waals surface area contributed by atoms with Crippen molar-refractivity contribution in [2.24, 2.45) is 7.05 Å². The monoisotopic (exact) mass is 308 g/mol. The van der Waals surface area contributed by atoms with Crippen molar-refractivity contribution in [1.29, 1.82) is 0 Å². The molecule has 0 fully saturated rings. The van der Waals surface area contributed by atoms with E-state index in [4.69, 9.17) is 4.74 Å². The van der Waals surface area contributed by atoms with Gasteiger partial charge in [0.15, 0.2) is 0 Å². The Kier molecular flexibility index (Phi) is 3.48. The fourth-order valence-corrected chi connectivity index (χ4v) is 2.74. The predicted octanol–water partition coefficient (Wildman–Crippen LogP) is 3.78. The minimum Gasteiger partial charge on any atom is -0.496 e. The van der Waals surface area contributed by atoms with E-state index in [1.54, 1.807) is 7.11 Å². The van der Waals surface area contributed by atoms with Crippen LogP contribution in [0.5, 0.6) is 5.75 Å². The van der Waals surface area contributed by atoms with Crippen molar-refractivity contribution in [2.45, 2.75) is 20.8 Å². The van der Waals surface area contributed by atoms with Crippen LogP contribution in [0.25, 0.3) is 11.3 Å². The summed E-state index contributed by atoms with van der Waals surface area (Å²) in [6.45, 7) is 6.18. The Morgan fingerprint density at radius 3 is 2.28 bits per heavy atom. The van der Waals surface area contributed by atoms with Crippen molar-refractivity contribution in [1.82, 2.24) is 9.55 Å². The van der Waals surface area contributed by atoms with Crippen LogP contribution in [0.3, 0.4) is 0 Å². The van der Waals surface area contributed by atoms with E-state index >= 15 is 0 Å². The minimum absolute atomic E-state index is 0.851. The molecule has 0 atom stereocenters. The molecular formula is C14H17BrN2O. The Bertz CT molecular complexity index is 602. The van der Waals surface area contributed by atoms with Crippen LogP contribution in [0.2, 0.25) is 0 Å². The minimum atomic E-state index is 0.851. The van der Waals surface area contributed by atoms with Gasteiger partial charge in [0.05, 0.1) is 12.8 Å². The standard InChI is InChI=1S/C14H17BrN2O/c1-8-6-11(12(18-5)7-9(8)2)13-14(15)16-10(3)17(13)4/h6-7H,1-5H3. The summed E-state index contributed by atoms with van der Waals surface area (Å²) in [6, 6.07) is 4.22. The molecule has 0 N–H and O–H groups in total. The molecule has 1 heterocycles. The first-order chi connectivity index (χ1) is 8.45. The van der Waals surface area contributed by atoms with Crippen LogP contribution in [0.4, 0.5) is 0 Å². The maximum Gasteiger partial charge on any atom is 0.132 e. The second-order valence-electron chi connectivity index (χ2n) is 4.49. The normalized spacial score (nSPS) is 10.8. The van der Waals surface area contributed by atoms with Crippen LogP contribution >= 0.6 is 15.9 Å². The van der Waals surface area contributed by atoms with Gasteiger partial charge in [0.25, 0.3) is 0 Å². The number of hydrogen-bond acceptors (Lipinski definition) is 2. The molecule has 4 heteroatoms. The SMILES string of the molecule is COc1cc(C)c(C)cc1-c1c(Br)nc(C)n1C. The molecular weight excluding hydrogens is 292 g/mol. The summed E-state index contributed by atoms with van der Waals surface area (Å²) < 4.78 is 8.41. The van der Waals surface area contributed by atoms with Gasteiger partial charge >= 0.3 is 0 Å². The van der Waals surface area contributed by atoms with Gasteiger partial charge in [-0.15, -0.1) is 0 Å². The number of hydrogen-bond donors (Lipinski definition) is 0. The molecule has 0 unspecified atom stereocenters. The second-order valence-corrected chi connectivity index (χ2v) is 5.25. The van der Waals surface area contributed by atoms with E-state index in [0.29, 0.717) is 0 Å². The van der Waals surface area contributed by atoms with E-state index in [-0.39, 0.29) is 0 Å². The van der Waals surface area contributed by atoms with Crippen molar-refractivity contribution in [3.8, 4) is 17.0 Å². The lowest BCUT2D eigenvalue weighted by Crippen LogP contribution is -1.98. The summed E-state index contributed by atoms with van der Waals surface area (Å²) >= 11 is 3.52. The largest absolute Gasteiger partial charge is 0.496 e. The third-order valence-corrected chi connectivity index (χ3v) is 3.90. The van der Waals surface area contributed by atoms with Crippen LogP contribution in [-0.2, 0) is 7.05 Å². The topological polar surface area (TPSA) is 27.1 Å². The van der Waals surface area contributed by atoms with Crippen LogP contribution < -0.4 is 4.74 Å². The number of benzene rings is 1. The quantitative estimate of drug-likeness (QED) is 0.844. The third kappa shape index (κ3) is 2.05. The molecule has 0 aliphatic carbocycles. The van der Waals surface area contributed by atoms with Crippen molar-refractivity contribution in [3.05, 3.63) is 33.7 Å². The van der Waals surface area contributed by atoms with Gasteiger partial charge in [0.2, 0.25) is 0 Å². The summed E-state index contributed by atoms with van der Waals surface area (Å²) in [4.78, 5) is 4.44. The number of ether oxygens (including phenoxy) is 1. The fraction of sp³-hybridized carbons (Fsp3) is 0.357. The fourth-order valence-electron chi connectivity index (χ4n) is 2.01. The summed E-state index contributed by atoms with van der Waals surface area (Å²) in [7, 11) is 3.71. The van der Waals surface area contributed by atoms with Gasteiger partial charge < -0.3 is 9.30 Å². The number of methoxy groups -OCH3 is 1. The van der Waals surface area contributed by atoms with Crippen LogP contribution in [0, 0.1) is 20.8 Å². The maximum absolute atomic E-state index is 5.49. The van der Waals surface area contributed by atoms with E-state index in [1.165, 1.54) is 11.1 Å². The number of nitrogens with zero attached hydrogens (tertiary/aromatic N) is 2. The van der Waals surface area contributed by atoms with E-state index in [1.807, 2.05) is 14.0 Å². The molecule has 0 aliphatic heterocycles. The first-order valence-electron chi connectivity index (χ1n) is 5.80. The van der Waals surface area contributed by atoms with Crippen molar-refractivity contribution < 1.29 is 4.74 Å². The van der Waals surface area contributed by atoms with Gasteiger partial charge in [0.1, 0.15) is 16.2 Å². The van der Waals surface area contributed by atoms with Gasteiger partial charge in [-0.3, -0.25) is 0 Å². The average molecular weight is 309 g/mol. The Hall–Kier alpha value is -1.29. The highest BCUT2D eigenvalue weighted by Gasteiger charge is 2.17. The van der Waals surface area contributed by atoms with Crippen molar-refractivity contribution >= 4 is 15.9 Å². The van der Waals surface area contributed by atoms with E-state index in [2.05, 4.69) is 51.5 Å². The first-order valence-corrected chi connectivity index (χ1v) is 6.59. The van der Waals surface area contributed by atoms with Gasteiger partial charge in [-0.2, -0.15) is 0 Å². The predicted molar refractivity (Wildman–Crippen MR) is 77.1 cm³/mol. The number of imidazole rings is 1. The van der Waals surface area contributed by atoms with Gasteiger partial charge in [-0.05, 0) is 60.0 Å². The zero-order valence-corrected chi connectivity index (χ0v) is 12.9. The third-order valence-electron chi connectivity index (χ3n) is 3.35. The summed E-state index contributed by atoms with van der Waals surface area (Å²) in [6.07, 6.45) is 0. The van der Waals surface area contributed by atoms with Gasteiger partial charge in [-0.25, -0.2) is 4.98 Å². The lowest BCUT2D eigenvalue weighted by Gasteiger charge is -2.13. The van der Waals surface area contributed by atoms with E-state index in [9.17, 15) is 0 Å². The molecule has 0 amide bonds. The molecule has 1 aromatic heterocycles. The Labute approximate surface area is 116 Å². The molecule has 18 heavy (non-hydrogen) atoms. The maximum atomic E-state index is 5.49. The smallest absolute Gasteiger partial charge is 0.132 e. The number of aromatic nitrogens is 2. The summed E-state index contributed by atoms with van der Waals surface area (Å²) in [5.41, 5.74) is 4.59. The molecule has 0 spiro atoms. The molecule has 2 aromatic rings. The van der Waals surface area contributed by atoms with Gasteiger partial charge in [-0.1, -0.05) is 0 Å². The highest BCUT2D eigenvalue weighted by molar-refractivity contribution is 9.10. The molecule has 1 aromatic carbocycles. The number of aryl methyl sites for hydroxylation is 3. The summed E-state index contributed by atoms with van der Waals surface area (Å²) in [5, 5.41) is 0. The van der Waals surface area contributed by atoms with E-state index in [0.717, 1.165) is 27.4 Å². The highest BCUT2D eigenvalue weighted by Crippen LogP contribution is 2.36. The van der Waals surface area contributed by atoms with Crippen molar-refractivity contribution in [3.63, 3.8) is 0 Å². The lowest BCUT2D eigenvalue weighted by atomic mass is 10.0. The molecule has 0 aliphatic rings. The number of rotatable bonds is 2. The highest BCUT2D eigenvalue weighted by atomic mass is 79.9. The average Bonchev–Trinajstić information content (AvgIpc) is 2.57. The van der Waals surface area contributed by atoms with Gasteiger partial charge in [0, 0.05) is 12.6 Å². The Morgan fingerprint density at radius 1 is 1.17 bits per heavy atom. The molecule has 0 saturated heterocycles. The first kappa shape index (κ1) is 13.1. The summed E-state index contributed by atoms with van der Waals surface area (Å²) in [5.74, 6) is 1.85. The Balaban J connectivity index is 2.74. The Morgan fingerprint density at radius 2 is 1.78 bits per heavy atom. The molecule has 2 rings (SSSR count). The van der Waals surface area contributed by atoms with Crippen LogP contribution in [0.1, 0.15) is 17.0 Å². The zero-order valence-electron chi connectivity index (χ0n) is 11.3. The molecule has 0 radical (unpaired) electrons. The molecule has 96 valence electrons. The molecule has 3 nitrogen and oxygen atoms in total. The van der Waals surface area contributed by atoms with Crippen LogP contribution in [0.15, 0.2) is 16.7 Å². The zero-order chi connectivity index (χ0) is 13.4. The second kappa shape index (κ2) is 4.76. The molecule has 0 saturated carbocycles. The lowest BCUT2D eigenvalue weighted by molar-refractivity contribution is 0.415. The number of halogens is 1. The van der Waals surface area contributed by atoms with Crippen molar-refractivity contribution in [2.75, 3.05) is 7.11 Å².